The molecule has 2 aromatic heterocycles. The van der Waals surface area contributed by atoms with Crippen molar-refractivity contribution in [1.29, 1.82) is 5.26 Å². The van der Waals surface area contributed by atoms with Crippen molar-refractivity contribution in [3.8, 4) is 23.0 Å². The van der Waals surface area contributed by atoms with Gasteiger partial charge in [-0.25, -0.2) is 9.67 Å². The van der Waals surface area contributed by atoms with Crippen LogP contribution in [0.3, 0.4) is 0 Å². The summed E-state index contributed by atoms with van der Waals surface area (Å²) < 4.78 is 1.33. The van der Waals surface area contributed by atoms with Gasteiger partial charge >= 0.3 is 0 Å². The molecule has 0 saturated heterocycles. The van der Waals surface area contributed by atoms with E-state index < -0.39 is 0 Å². The first-order valence-electron chi connectivity index (χ1n) is 9.57. The van der Waals surface area contributed by atoms with Gasteiger partial charge in [-0.15, -0.1) is 0 Å². The second-order valence-electron chi connectivity index (χ2n) is 7.47. The molecule has 4 rings (SSSR count). The zero-order valence-corrected chi connectivity index (χ0v) is 16.3. The molecule has 0 aliphatic heterocycles. The summed E-state index contributed by atoms with van der Waals surface area (Å²) in [4.78, 5) is 29.5. The van der Waals surface area contributed by atoms with Gasteiger partial charge in [-0.1, -0.05) is 6.07 Å². The molecule has 7 nitrogen and oxygen atoms in total. The predicted molar refractivity (Wildman–Crippen MR) is 109 cm³/mol. The van der Waals surface area contributed by atoms with Crippen LogP contribution in [0.5, 0.6) is 0 Å². The second-order valence-corrected chi connectivity index (χ2v) is 7.47. The van der Waals surface area contributed by atoms with E-state index >= 15 is 0 Å². The summed E-state index contributed by atoms with van der Waals surface area (Å²) in [6.45, 7) is 3.88. The standard InChI is InChI=1S/C22H21N5O2/c1-13-9-15(10-23)3-7-18(13)19-12-25-27(22(19)29)20-8-6-17(11-24-20)21(28)26-14(2)16-4-5-16/h3,6-9,11-12,14,16,25H,4-5H2,1-2H3,(H,26,28)/t14-/m1/s1. The van der Waals surface area contributed by atoms with Crippen LogP contribution in [-0.2, 0) is 0 Å². The first-order valence-corrected chi connectivity index (χ1v) is 9.57. The fourth-order valence-corrected chi connectivity index (χ4v) is 3.43. The first kappa shape index (κ1) is 18.7. The lowest BCUT2D eigenvalue weighted by atomic mass is 10.0. The number of rotatable bonds is 5. The fraction of sp³-hybridized carbons (Fsp3) is 0.273. The minimum atomic E-state index is -0.245. The van der Waals surface area contributed by atoms with Crippen molar-refractivity contribution in [2.75, 3.05) is 0 Å². The van der Waals surface area contributed by atoms with Crippen LogP contribution in [-0.4, -0.2) is 26.7 Å². The van der Waals surface area contributed by atoms with Crippen LogP contribution >= 0.6 is 0 Å². The molecular formula is C22H21N5O2. The highest BCUT2D eigenvalue weighted by atomic mass is 16.2. The number of amides is 1. The van der Waals surface area contributed by atoms with Crippen molar-refractivity contribution < 1.29 is 4.79 Å². The van der Waals surface area contributed by atoms with E-state index in [0.29, 0.717) is 28.4 Å². The third-order valence-corrected chi connectivity index (χ3v) is 5.34. The van der Waals surface area contributed by atoms with Crippen molar-refractivity contribution in [1.82, 2.24) is 20.1 Å². The normalized spacial score (nSPS) is 14.2. The van der Waals surface area contributed by atoms with E-state index in [4.69, 9.17) is 5.26 Å². The van der Waals surface area contributed by atoms with Crippen molar-refractivity contribution in [2.24, 2.45) is 5.92 Å². The Hall–Kier alpha value is -3.66. The molecule has 146 valence electrons. The Morgan fingerprint density at radius 1 is 1.31 bits per heavy atom. The van der Waals surface area contributed by atoms with Crippen molar-refractivity contribution in [3.05, 3.63) is 69.8 Å². The Morgan fingerprint density at radius 3 is 2.72 bits per heavy atom. The van der Waals surface area contributed by atoms with E-state index in [1.54, 1.807) is 36.5 Å². The summed E-state index contributed by atoms with van der Waals surface area (Å²) in [5.41, 5.74) is 2.86. The molecule has 1 fully saturated rings. The van der Waals surface area contributed by atoms with Crippen LogP contribution in [0.25, 0.3) is 16.9 Å². The Balaban J connectivity index is 1.57. The number of aromatic nitrogens is 3. The smallest absolute Gasteiger partial charge is 0.280 e. The molecule has 0 radical (unpaired) electrons. The topological polar surface area (TPSA) is 104 Å². The van der Waals surface area contributed by atoms with Crippen LogP contribution in [0, 0.1) is 24.2 Å². The van der Waals surface area contributed by atoms with Crippen LogP contribution < -0.4 is 10.9 Å². The summed E-state index contributed by atoms with van der Waals surface area (Å²) in [6, 6.07) is 10.8. The maximum absolute atomic E-state index is 12.9. The van der Waals surface area contributed by atoms with E-state index in [-0.39, 0.29) is 17.5 Å². The van der Waals surface area contributed by atoms with E-state index in [1.165, 1.54) is 10.9 Å². The van der Waals surface area contributed by atoms with Crippen LogP contribution in [0.15, 0.2) is 47.5 Å². The largest absolute Gasteiger partial charge is 0.349 e. The minimum Gasteiger partial charge on any atom is -0.349 e. The molecule has 1 aliphatic rings. The summed E-state index contributed by atoms with van der Waals surface area (Å²) in [7, 11) is 0. The quantitative estimate of drug-likeness (QED) is 0.702. The third kappa shape index (κ3) is 3.69. The molecule has 3 aromatic rings. The molecule has 1 atom stereocenters. The molecule has 1 saturated carbocycles. The number of pyridine rings is 1. The van der Waals surface area contributed by atoms with Crippen LogP contribution in [0.2, 0.25) is 0 Å². The van der Waals surface area contributed by atoms with E-state index in [2.05, 4.69) is 21.5 Å². The number of carbonyl (C=O) groups is 1. The van der Waals surface area contributed by atoms with Gasteiger partial charge in [-0.3, -0.25) is 14.7 Å². The van der Waals surface area contributed by atoms with Crippen LogP contribution in [0.4, 0.5) is 0 Å². The molecule has 29 heavy (non-hydrogen) atoms. The summed E-state index contributed by atoms with van der Waals surface area (Å²) >= 11 is 0. The maximum Gasteiger partial charge on any atom is 0.280 e. The number of aromatic amines is 1. The predicted octanol–water partition coefficient (Wildman–Crippen LogP) is 2.94. The number of carbonyl (C=O) groups excluding carboxylic acids is 1. The Labute approximate surface area is 168 Å². The average Bonchev–Trinajstić information content (AvgIpc) is 3.51. The van der Waals surface area contributed by atoms with E-state index in [0.717, 1.165) is 24.0 Å². The number of hydrogen-bond donors (Lipinski definition) is 2. The summed E-state index contributed by atoms with van der Waals surface area (Å²) in [6.07, 6.45) is 5.42. The number of aryl methyl sites for hydroxylation is 1. The SMILES string of the molecule is Cc1cc(C#N)ccc1-c1c[nH]n(-c2ccc(C(=O)N[C@H](C)C3CC3)cn2)c1=O. The second kappa shape index (κ2) is 7.40. The molecule has 1 aliphatic carbocycles. The lowest BCUT2D eigenvalue weighted by Gasteiger charge is -2.12. The summed E-state index contributed by atoms with van der Waals surface area (Å²) in [5.74, 6) is 0.822. The van der Waals surface area contributed by atoms with Gasteiger partial charge in [-0.05, 0) is 68.0 Å². The van der Waals surface area contributed by atoms with E-state index in [1.807, 2.05) is 13.8 Å². The minimum absolute atomic E-state index is 0.156. The number of nitrogens with one attached hydrogen (secondary N) is 2. The number of nitriles is 1. The molecular weight excluding hydrogens is 366 g/mol. The zero-order chi connectivity index (χ0) is 20.5. The monoisotopic (exact) mass is 387 g/mol. The maximum atomic E-state index is 12.9. The van der Waals surface area contributed by atoms with Gasteiger partial charge in [0.1, 0.15) is 0 Å². The molecule has 7 heteroatoms. The van der Waals surface area contributed by atoms with Crippen LogP contribution in [0.1, 0.15) is 41.3 Å². The average molecular weight is 387 g/mol. The number of hydrogen-bond acceptors (Lipinski definition) is 4. The van der Waals surface area contributed by atoms with Gasteiger partial charge in [0.15, 0.2) is 5.82 Å². The molecule has 2 heterocycles. The molecule has 0 bridgehead atoms. The lowest BCUT2D eigenvalue weighted by molar-refractivity contribution is 0.0935. The Kier molecular flexibility index (Phi) is 4.77. The highest BCUT2D eigenvalue weighted by Gasteiger charge is 2.29. The number of benzene rings is 1. The van der Waals surface area contributed by atoms with E-state index in [9.17, 15) is 9.59 Å². The third-order valence-electron chi connectivity index (χ3n) is 5.34. The van der Waals surface area contributed by atoms with Crippen molar-refractivity contribution in [3.63, 3.8) is 0 Å². The van der Waals surface area contributed by atoms with Gasteiger partial charge in [0.2, 0.25) is 0 Å². The number of nitrogens with zero attached hydrogens (tertiary/aromatic N) is 3. The van der Waals surface area contributed by atoms with Crippen molar-refractivity contribution >= 4 is 5.91 Å². The fourth-order valence-electron chi connectivity index (χ4n) is 3.43. The Morgan fingerprint density at radius 2 is 2.10 bits per heavy atom. The van der Waals surface area contributed by atoms with Gasteiger partial charge in [0.25, 0.3) is 11.5 Å². The number of H-pyrrole nitrogens is 1. The van der Waals surface area contributed by atoms with Gasteiger partial charge in [0, 0.05) is 18.4 Å². The molecule has 1 amide bonds. The molecule has 0 spiro atoms. The van der Waals surface area contributed by atoms with Gasteiger partial charge in [-0.2, -0.15) is 5.26 Å². The molecule has 2 N–H and O–H groups in total. The molecule has 0 unspecified atom stereocenters. The zero-order valence-electron chi connectivity index (χ0n) is 16.3. The van der Waals surface area contributed by atoms with Crippen molar-refractivity contribution in [2.45, 2.75) is 32.7 Å². The van der Waals surface area contributed by atoms with Gasteiger partial charge < -0.3 is 5.32 Å². The first-order chi connectivity index (χ1) is 14.0. The highest BCUT2D eigenvalue weighted by Crippen LogP contribution is 2.32. The van der Waals surface area contributed by atoms with Gasteiger partial charge in [0.05, 0.1) is 22.8 Å². The Bertz CT molecular complexity index is 1160. The summed E-state index contributed by atoms with van der Waals surface area (Å²) in [5, 5.41) is 14.9. The lowest BCUT2D eigenvalue weighted by Crippen LogP contribution is -2.34. The molecule has 1 aromatic carbocycles. The highest BCUT2D eigenvalue weighted by molar-refractivity contribution is 5.94.